The molecule has 0 spiro atoms. The Morgan fingerprint density at radius 2 is 1.55 bits per heavy atom. The van der Waals surface area contributed by atoms with Crippen LogP contribution in [0, 0.1) is 5.41 Å². The fourth-order valence-corrected chi connectivity index (χ4v) is 4.10. The SMILES string of the molecule is COc1cccc(OC)c1C(=O)Cn1c(=N)n(CCN2CCOCC2)c2ccccc21. The van der Waals surface area contributed by atoms with Gasteiger partial charge in [0.15, 0.2) is 5.78 Å². The number of hydrogen-bond donors (Lipinski definition) is 1. The van der Waals surface area contributed by atoms with Gasteiger partial charge in [-0.25, -0.2) is 0 Å². The number of hydrogen-bond acceptors (Lipinski definition) is 6. The molecule has 1 aliphatic rings. The summed E-state index contributed by atoms with van der Waals surface area (Å²) in [5.41, 5.74) is 2.50. The third kappa shape index (κ3) is 4.22. The summed E-state index contributed by atoms with van der Waals surface area (Å²) >= 11 is 0. The molecule has 8 heteroatoms. The topological polar surface area (TPSA) is 81.7 Å². The molecule has 4 rings (SSSR count). The Bertz CT molecular complexity index is 1110. The number of morpholine rings is 1. The normalized spacial score (nSPS) is 14.6. The zero-order valence-electron chi connectivity index (χ0n) is 18.0. The molecule has 1 fully saturated rings. The number of fused-ring (bicyclic) bond motifs is 1. The van der Waals surface area contributed by atoms with Gasteiger partial charge in [-0.15, -0.1) is 0 Å². The van der Waals surface area contributed by atoms with E-state index in [4.69, 9.17) is 19.6 Å². The number of benzene rings is 2. The Balaban J connectivity index is 1.66. The van der Waals surface area contributed by atoms with E-state index in [0.29, 0.717) is 29.2 Å². The van der Waals surface area contributed by atoms with E-state index >= 15 is 0 Å². The molecule has 1 saturated heterocycles. The first kappa shape index (κ1) is 21.1. The van der Waals surface area contributed by atoms with Crippen LogP contribution in [0.25, 0.3) is 11.0 Å². The van der Waals surface area contributed by atoms with Crippen molar-refractivity contribution in [2.24, 2.45) is 0 Å². The van der Waals surface area contributed by atoms with Gasteiger partial charge in [0.2, 0.25) is 5.62 Å². The van der Waals surface area contributed by atoms with E-state index in [1.165, 1.54) is 14.2 Å². The number of nitrogens with zero attached hydrogens (tertiary/aromatic N) is 3. The van der Waals surface area contributed by atoms with E-state index in [-0.39, 0.29) is 12.3 Å². The lowest BCUT2D eigenvalue weighted by Gasteiger charge is -2.26. The predicted octanol–water partition coefficient (Wildman–Crippen LogP) is 2.15. The number of imidazole rings is 1. The molecular weight excluding hydrogens is 396 g/mol. The molecule has 1 aromatic heterocycles. The molecule has 164 valence electrons. The summed E-state index contributed by atoms with van der Waals surface area (Å²) in [6, 6.07) is 13.1. The number of ketones is 1. The van der Waals surface area contributed by atoms with Crippen LogP contribution in [0.2, 0.25) is 0 Å². The summed E-state index contributed by atoms with van der Waals surface area (Å²) in [6.45, 7) is 4.84. The average Bonchev–Trinajstić information content (AvgIpc) is 3.08. The molecule has 3 aromatic rings. The molecule has 0 aliphatic carbocycles. The van der Waals surface area contributed by atoms with Crippen LogP contribution in [0.4, 0.5) is 0 Å². The summed E-state index contributed by atoms with van der Waals surface area (Å²) < 4.78 is 19.9. The van der Waals surface area contributed by atoms with Crippen molar-refractivity contribution in [2.75, 3.05) is 47.1 Å². The minimum absolute atomic E-state index is 0.0284. The minimum Gasteiger partial charge on any atom is -0.496 e. The predicted molar refractivity (Wildman–Crippen MR) is 117 cm³/mol. The molecule has 2 heterocycles. The highest BCUT2D eigenvalue weighted by Crippen LogP contribution is 2.29. The number of ether oxygens (including phenoxy) is 3. The molecule has 0 unspecified atom stereocenters. The van der Waals surface area contributed by atoms with Crippen molar-refractivity contribution < 1.29 is 19.0 Å². The monoisotopic (exact) mass is 424 g/mol. The fourth-order valence-electron chi connectivity index (χ4n) is 4.10. The highest BCUT2D eigenvalue weighted by atomic mass is 16.5. The molecule has 1 aliphatic heterocycles. The van der Waals surface area contributed by atoms with Gasteiger partial charge in [0.25, 0.3) is 0 Å². The third-order valence-electron chi connectivity index (χ3n) is 5.73. The molecule has 0 bridgehead atoms. The molecule has 1 N–H and O–H groups in total. The van der Waals surface area contributed by atoms with Crippen molar-refractivity contribution in [2.45, 2.75) is 13.1 Å². The van der Waals surface area contributed by atoms with Crippen molar-refractivity contribution in [3.63, 3.8) is 0 Å². The Morgan fingerprint density at radius 1 is 0.935 bits per heavy atom. The summed E-state index contributed by atoms with van der Waals surface area (Å²) in [7, 11) is 3.07. The van der Waals surface area contributed by atoms with Crippen molar-refractivity contribution in [1.29, 1.82) is 5.41 Å². The van der Waals surface area contributed by atoms with Crippen LogP contribution in [0.1, 0.15) is 10.4 Å². The fraction of sp³-hybridized carbons (Fsp3) is 0.391. The first-order valence-corrected chi connectivity index (χ1v) is 10.4. The number of carbonyl (C=O) groups excluding carboxylic acids is 1. The second-order valence-electron chi connectivity index (χ2n) is 7.46. The number of nitrogens with one attached hydrogen (secondary N) is 1. The number of rotatable bonds is 8. The lowest BCUT2D eigenvalue weighted by atomic mass is 10.1. The maximum Gasteiger partial charge on any atom is 0.203 e. The Morgan fingerprint density at radius 3 is 2.16 bits per heavy atom. The summed E-state index contributed by atoms with van der Waals surface area (Å²) in [6.07, 6.45) is 0. The molecule has 2 aromatic carbocycles. The standard InChI is InChI=1S/C23H28N4O4/c1-29-20-8-5-9-21(30-2)22(20)19(28)16-27-18-7-4-3-6-17(18)26(23(27)24)11-10-25-12-14-31-15-13-25/h3-9,24H,10-16H2,1-2H3. The highest BCUT2D eigenvalue weighted by Gasteiger charge is 2.21. The second-order valence-corrected chi connectivity index (χ2v) is 7.46. The summed E-state index contributed by atoms with van der Waals surface area (Å²) in [5, 5.41) is 8.81. The summed E-state index contributed by atoms with van der Waals surface area (Å²) in [5.74, 6) is 0.768. The summed E-state index contributed by atoms with van der Waals surface area (Å²) in [4.78, 5) is 15.6. The van der Waals surface area contributed by atoms with Gasteiger partial charge in [-0.3, -0.25) is 15.1 Å². The van der Waals surface area contributed by atoms with Crippen LogP contribution in [0.3, 0.4) is 0 Å². The smallest absolute Gasteiger partial charge is 0.203 e. The molecule has 0 atom stereocenters. The number of carbonyl (C=O) groups is 1. The van der Waals surface area contributed by atoms with Crippen LogP contribution in [-0.4, -0.2) is 66.9 Å². The molecule has 0 amide bonds. The number of Topliss-reactive ketones (excluding diaryl/α,β-unsaturated/α-hetero) is 1. The first-order chi connectivity index (χ1) is 15.1. The lowest BCUT2D eigenvalue weighted by Crippen LogP contribution is -2.39. The minimum atomic E-state index is -0.163. The van der Waals surface area contributed by atoms with E-state index in [1.54, 1.807) is 22.8 Å². The molecule has 0 saturated carbocycles. The number of aromatic nitrogens is 2. The van der Waals surface area contributed by atoms with Gasteiger partial charge >= 0.3 is 0 Å². The van der Waals surface area contributed by atoms with Gasteiger partial charge in [-0.05, 0) is 24.3 Å². The van der Waals surface area contributed by atoms with Crippen molar-refractivity contribution in [1.82, 2.24) is 14.0 Å². The number of methoxy groups -OCH3 is 2. The van der Waals surface area contributed by atoms with Crippen LogP contribution in [-0.2, 0) is 17.8 Å². The lowest BCUT2D eigenvalue weighted by molar-refractivity contribution is 0.0363. The Hall–Kier alpha value is -3.10. The largest absolute Gasteiger partial charge is 0.496 e. The zero-order chi connectivity index (χ0) is 21.8. The van der Waals surface area contributed by atoms with Crippen LogP contribution in [0.5, 0.6) is 11.5 Å². The van der Waals surface area contributed by atoms with Gasteiger partial charge in [0.05, 0.1) is 45.0 Å². The van der Waals surface area contributed by atoms with Crippen LogP contribution in [0.15, 0.2) is 42.5 Å². The van der Waals surface area contributed by atoms with Crippen LogP contribution >= 0.6 is 0 Å². The van der Waals surface area contributed by atoms with Gasteiger partial charge in [0.1, 0.15) is 17.1 Å². The first-order valence-electron chi connectivity index (χ1n) is 10.4. The highest BCUT2D eigenvalue weighted by molar-refractivity contribution is 6.01. The van der Waals surface area contributed by atoms with Gasteiger partial charge < -0.3 is 23.3 Å². The third-order valence-corrected chi connectivity index (χ3v) is 5.73. The van der Waals surface area contributed by atoms with Crippen molar-refractivity contribution in [3.05, 3.63) is 53.6 Å². The average molecular weight is 425 g/mol. The molecule has 31 heavy (non-hydrogen) atoms. The maximum absolute atomic E-state index is 13.3. The molecule has 8 nitrogen and oxygen atoms in total. The number of para-hydroxylation sites is 2. The second kappa shape index (κ2) is 9.36. The zero-order valence-corrected chi connectivity index (χ0v) is 18.0. The van der Waals surface area contributed by atoms with Gasteiger partial charge in [-0.1, -0.05) is 18.2 Å². The Labute approximate surface area is 181 Å². The maximum atomic E-state index is 13.3. The van der Waals surface area contributed by atoms with Gasteiger partial charge in [0, 0.05) is 26.2 Å². The van der Waals surface area contributed by atoms with E-state index in [1.807, 2.05) is 28.8 Å². The van der Waals surface area contributed by atoms with E-state index in [9.17, 15) is 4.79 Å². The van der Waals surface area contributed by atoms with Crippen molar-refractivity contribution >= 4 is 16.8 Å². The quantitative estimate of drug-likeness (QED) is 0.561. The van der Waals surface area contributed by atoms with E-state index in [0.717, 1.165) is 43.9 Å². The molecule has 0 radical (unpaired) electrons. The Kier molecular flexibility index (Phi) is 6.39. The molecular formula is C23H28N4O4. The van der Waals surface area contributed by atoms with Gasteiger partial charge in [-0.2, -0.15) is 0 Å². The van der Waals surface area contributed by atoms with E-state index < -0.39 is 0 Å². The van der Waals surface area contributed by atoms with Crippen molar-refractivity contribution in [3.8, 4) is 11.5 Å². The van der Waals surface area contributed by atoms with Crippen LogP contribution < -0.4 is 15.1 Å². The van der Waals surface area contributed by atoms with E-state index in [2.05, 4.69) is 4.90 Å².